The van der Waals surface area contributed by atoms with E-state index >= 15 is 0 Å². The Hall–Kier alpha value is -10.2. The Labute approximate surface area is 438 Å². The highest BCUT2D eigenvalue weighted by Crippen LogP contribution is 2.42. The lowest BCUT2D eigenvalue weighted by Crippen LogP contribution is -2.02. The zero-order valence-corrected chi connectivity index (χ0v) is 41.2. The Morgan fingerprint density at radius 1 is 0.237 bits per heavy atom. The van der Waals surface area contributed by atoms with E-state index in [1.807, 2.05) is 0 Å². The third-order valence-corrected chi connectivity index (χ3v) is 15.1. The van der Waals surface area contributed by atoms with Crippen molar-refractivity contribution < 1.29 is 0 Å². The summed E-state index contributed by atoms with van der Waals surface area (Å²) in [7, 11) is 0. The van der Waals surface area contributed by atoms with Gasteiger partial charge in [-0.25, -0.2) is 15.0 Å². The van der Waals surface area contributed by atoms with Gasteiger partial charge >= 0.3 is 0 Å². The number of aromatic nitrogens is 5. The lowest BCUT2D eigenvalue weighted by atomic mass is 9.95. The van der Waals surface area contributed by atoms with E-state index < -0.39 is 0 Å². The van der Waals surface area contributed by atoms with Crippen molar-refractivity contribution in [1.82, 2.24) is 24.1 Å². The second kappa shape index (κ2) is 17.8. The molecule has 0 bridgehead atoms. The van der Waals surface area contributed by atoms with Gasteiger partial charge in [-0.1, -0.05) is 206 Å². The van der Waals surface area contributed by atoms with Crippen LogP contribution >= 0.6 is 0 Å². The van der Waals surface area contributed by atoms with E-state index in [0.717, 1.165) is 82.9 Å². The zero-order chi connectivity index (χ0) is 50.1. The van der Waals surface area contributed by atoms with Crippen LogP contribution in [0.5, 0.6) is 0 Å². The van der Waals surface area contributed by atoms with Crippen molar-refractivity contribution >= 4 is 65.2 Å². The molecule has 5 heteroatoms. The first kappa shape index (κ1) is 43.4. The average Bonchev–Trinajstić information content (AvgIpc) is 4.04. The summed E-state index contributed by atoms with van der Waals surface area (Å²) in [5, 5.41) is 9.35. The maximum Gasteiger partial charge on any atom is 0.164 e. The molecule has 3 heterocycles. The SMILES string of the molecule is c1ccc(-c2ccc3c(c2)c2c(-c4ccc5ccc(-c6nc(-c7ccc(-c8ccccc8)c(-n8c9ccccc9c9ccccc98)c7)nc(-c7ccc8ccccc8c7)n6)cc5c4)cccc2n3-c2ccccc2)cc1. The first-order valence-electron chi connectivity index (χ1n) is 25.8. The fourth-order valence-electron chi connectivity index (χ4n) is 11.5. The van der Waals surface area contributed by atoms with E-state index in [0.29, 0.717) is 17.5 Å². The fraction of sp³-hybridized carbons (Fsp3) is 0. The molecule has 0 unspecified atom stereocenters. The molecule has 0 spiro atoms. The molecule has 0 atom stereocenters. The van der Waals surface area contributed by atoms with Crippen molar-refractivity contribution in [3.8, 4) is 78.9 Å². The molecule has 0 saturated heterocycles. The molecule has 0 aliphatic carbocycles. The topological polar surface area (TPSA) is 48.5 Å². The van der Waals surface area contributed by atoms with Crippen molar-refractivity contribution in [1.29, 1.82) is 0 Å². The van der Waals surface area contributed by atoms with Crippen LogP contribution in [0.3, 0.4) is 0 Å². The van der Waals surface area contributed by atoms with Crippen molar-refractivity contribution in [3.05, 3.63) is 273 Å². The monoisotopic (exact) mass is 967 g/mol. The molecular formula is C71H45N5. The first-order valence-corrected chi connectivity index (χ1v) is 25.8. The maximum atomic E-state index is 5.40. The molecule has 0 radical (unpaired) electrons. The highest BCUT2D eigenvalue weighted by Gasteiger charge is 2.21. The van der Waals surface area contributed by atoms with Crippen molar-refractivity contribution in [2.45, 2.75) is 0 Å². The molecule has 5 nitrogen and oxygen atoms in total. The van der Waals surface area contributed by atoms with Gasteiger partial charge in [0.05, 0.1) is 27.8 Å². The van der Waals surface area contributed by atoms with Crippen LogP contribution in [0.4, 0.5) is 0 Å². The Kier molecular flexibility index (Phi) is 10.1. The van der Waals surface area contributed by atoms with Crippen LogP contribution in [0.15, 0.2) is 273 Å². The van der Waals surface area contributed by atoms with Crippen molar-refractivity contribution in [2.24, 2.45) is 0 Å². The predicted octanol–water partition coefficient (Wildman–Crippen LogP) is 18.4. The van der Waals surface area contributed by atoms with Gasteiger partial charge in [0.2, 0.25) is 0 Å². The van der Waals surface area contributed by atoms with Crippen LogP contribution in [0.1, 0.15) is 0 Å². The van der Waals surface area contributed by atoms with E-state index in [2.05, 4.69) is 282 Å². The minimum atomic E-state index is 0.597. The third-order valence-electron chi connectivity index (χ3n) is 15.1. The number of rotatable bonds is 8. The smallest absolute Gasteiger partial charge is 0.164 e. The molecule has 15 aromatic rings. The van der Waals surface area contributed by atoms with E-state index in [1.54, 1.807) is 0 Å². The summed E-state index contributed by atoms with van der Waals surface area (Å²) in [6, 6.07) is 97.9. The molecule has 12 aromatic carbocycles. The minimum absolute atomic E-state index is 0.597. The summed E-state index contributed by atoms with van der Waals surface area (Å²) in [5.74, 6) is 1.81. The number of para-hydroxylation sites is 3. The first-order chi connectivity index (χ1) is 37.7. The van der Waals surface area contributed by atoms with Crippen LogP contribution in [-0.2, 0) is 0 Å². The lowest BCUT2D eigenvalue weighted by molar-refractivity contribution is 1.07. The molecule has 0 aliphatic heterocycles. The minimum Gasteiger partial charge on any atom is -0.309 e. The van der Waals surface area contributed by atoms with Gasteiger partial charge in [0, 0.05) is 49.5 Å². The molecule has 76 heavy (non-hydrogen) atoms. The molecule has 0 saturated carbocycles. The Bertz CT molecular complexity index is 4690. The predicted molar refractivity (Wildman–Crippen MR) is 316 cm³/mol. The van der Waals surface area contributed by atoms with Crippen LogP contribution in [0.25, 0.3) is 144 Å². The van der Waals surface area contributed by atoms with E-state index in [-0.39, 0.29) is 0 Å². The summed E-state index contributed by atoms with van der Waals surface area (Å²) in [4.78, 5) is 16.1. The fourth-order valence-corrected chi connectivity index (χ4v) is 11.5. The van der Waals surface area contributed by atoms with E-state index in [4.69, 9.17) is 15.0 Å². The Morgan fingerprint density at radius 2 is 0.724 bits per heavy atom. The summed E-state index contributed by atoms with van der Waals surface area (Å²) < 4.78 is 4.79. The van der Waals surface area contributed by atoms with Gasteiger partial charge in [-0.2, -0.15) is 0 Å². The Balaban J connectivity index is 0.917. The van der Waals surface area contributed by atoms with Gasteiger partial charge in [0.15, 0.2) is 17.5 Å². The van der Waals surface area contributed by atoms with Crippen LogP contribution < -0.4 is 0 Å². The zero-order valence-electron chi connectivity index (χ0n) is 41.2. The summed E-state index contributed by atoms with van der Waals surface area (Å²) >= 11 is 0. The standard InChI is InChI=1S/C71H45N5/c1-4-17-46(18-5-1)51-38-40-65-62(44-51)68-59(27-16-30-66(68)75(65)57-23-8-3-9-24-57)52-34-31-48-33-36-54(43-56(48)42-52)70-72-69(53-35-32-47-19-10-11-22-50(47)41-53)73-71(74-70)55-37-39-58(49-20-6-2-7-21-49)67(45-55)76-63-28-14-12-25-60(63)61-26-13-15-29-64(61)76/h1-45H. The van der Waals surface area contributed by atoms with Gasteiger partial charge in [-0.15, -0.1) is 0 Å². The lowest BCUT2D eigenvalue weighted by Gasteiger charge is -2.16. The highest BCUT2D eigenvalue weighted by molar-refractivity contribution is 6.17. The number of fused-ring (bicyclic) bond motifs is 8. The summed E-state index contributed by atoms with van der Waals surface area (Å²) in [5.41, 5.74) is 16.4. The van der Waals surface area contributed by atoms with E-state index in [1.165, 1.54) is 43.8 Å². The van der Waals surface area contributed by atoms with Crippen LogP contribution in [0, 0.1) is 0 Å². The molecule has 0 aliphatic rings. The van der Waals surface area contributed by atoms with Crippen molar-refractivity contribution in [3.63, 3.8) is 0 Å². The molecule has 0 fully saturated rings. The van der Waals surface area contributed by atoms with Gasteiger partial charge < -0.3 is 9.13 Å². The average molecular weight is 968 g/mol. The second-order valence-electron chi connectivity index (χ2n) is 19.6. The quantitative estimate of drug-likeness (QED) is 0.152. The van der Waals surface area contributed by atoms with Gasteiger partial charge in [0.25, 0.3) is 0 Å². The number of benzene rings is 12. The second-order valence-corrected chi connectivity index (χ2v) is 19.6. The number of nitrogens with zero attached hydrogens (tertiary/aromatic N) is 5. The molecule has 15 rings (SSSR count). The van der Waals surface area contributed by atoms with E-state index in [9.17, 15) is 0 Å². The van der Waals surface area contributed by atoms with Gasteiger partial charge in [0.1, 0.15) is 0 Å². The van der Waals surface area contributed by atoms with Crippen LogP contribution in [0.2, 0.25) is 0 Å². The molecule has 3 aromatic heterocycles. The largest absolute Gasteiger partial charge is 0.309 e. The van der Waals surface area contributed by atoms with Crippen molar-refractivity contribution in [2.75, 3.05) is 0 Å². The number of hydrogen-bond acceptors (Lipinski definition) is 3. The highest BCUT2D eigenvalue weighted by atomic mass is 15.0. The maximum absolute atomic E-state index is 5.40. The van der Waals surface area contributed by atoms with Crippen LogP contribution in [-0.4, -0.2) is 24.1 Å². The Morgan fingerprint density at radius 3 is 1.41 bits per heavy atom. The number of hydrogen-bond donors (Lipinski definition) is 0. The molecule has 354 valence electrons. The van der Waals surface area contributed by atoms with Gasteiger partial charge in [-0.05, 0) is 116 Å². The molecule has 0 amide bonds. The molecular weight excluding hydrogens is 923 g/mol. The summed E-state index contributed by atoms with van der Waals surface area (Å²) in [6.45, 7) is 0. The van der Waals surface area contributed by atoms with Gasteiger partial charge in [-0.3, -0.25) is 0 Å². The summed E-state index contributed by atoms with van der Waals surface area (Å²) in [6.07, 6.45) is 0. The normalized spacial score (nSPS) is 11.7. The third kappa shape index (κ3) is 7.28. The molecule has 0 N–H and O–H groups in total.